The Morgan fingerprint density at radius 3 is 2.94 bits per heavy atom. The molecule has 94 valence electrons. The molecule has 1 aliphatic rings. The molecule has 0 radical (unpaired) electrons. The molecule has 0 bridgehead atoms. The fourth-order valence-corrected chi connectivity index (χ4v) is 1.85. The molecular weight excluding hydrogens is 250 g/mol. The van der Waals surface area contributed by atoms with Crippen molar-refractivity contribution < 1.29 is 5.11 Å². The molecule has 0 fully saturated rings. The molecule has 1 aliphatic heterocycles. The summed E-state index contributed by atoms with van der Waals surface area (Å²) in [5.41, 5.74) is 1.47. The molecule has 2 rings (SSSR count). The van der Waals surface area contributed by atoms with Crippen LogP contribution in [0.1, 0.15) is 19.8 Å². The van der Waals surface area contributed by atoms with Gasteiger partial charge in [-0.25, -0.2) is 0 Å². The van der Waals surface area contributed by atoms with Gasteiger partial charge in [0.15, 0.2) is 0 Å². The largest absolute Gasteiger partial charge is 0.506 e. The zero-order chi connectivity index (χ0) is 13.0. The van der Waals surface area contributed by atoms with E-state index in [2.05, 4.69) is 22.1 Å². The number of phenols is 1. The molecule has 4 nitrogen and oxygen atoms in total. The van der Waals surface area contributed by atoms with Gasteiger partial charge in [-0.15, -0.1) is 0 Å². The van der Waals surface area contributed by atoms with Crippen LogP contribution in [0.25, 0.3) is 0 Å². The van der Waals surface area contributed by atoms with Gasteiger partial charge in [0.1, 0.15) is 5.75 Å². The molecule has 1 unspecified atom stereocenters. The summed E-state index contributed by atoms with van der Waals surface area (Å²) in [5.74, 6) is 0.0443. The highest BCUT2D eigenvalue weighted by molar-refractivity contribution is 6.32. The molecular formula is C13H14ClN3O. The van der Waals surface area contributed by atoms with Gasteiger partial charge >= 0.3 is 0 Å². The number of aliphatic imine (C=N–C) groups is 1. The van der Waals surface area contributed by atoms with Gasteiger partial charge in [-0.2, -0.15) is 10.2 Å². The van der Waals surface area contributed by atoms with E-state index in [1.807, 2.05) is 6.08 Å². The molecule has 0 amide bonds. The fraction of sp³-hybridized carbons (Fsp3) is 0.308. The van der Waals surface area contributed by atoms with Crippen molar-refractivity contribution in [3.05, 3.63) is 35.0 Å². The second-order valence-corrected chi connectivity index (χ2v) is 4.44. The summed E-state index contributed by atoms with van der Waals surface area (Å²) < 4.78 is 0. The van der Waals surface area contributed by atoms with Gasteiger partial charge in [0, 0.05) is 6.21 Å². The predicted molar refractivity (Wildman–Crippen MR) is 72.9 cm³/mol. The van der Waals surface area contributed by atoms with E-state index in [1.54, 1.807) is 18.3 Å². The maximum Gasteiger partial charge on any atom is 0.134 e. The normalized spacial score (nSPS) is 18.6. The number of phenolic OH excluding ortho intramolecular Hbond substituents is 1. The van der Waals surface area contributed by atoms with Gasteiger partial charge in [0.05, 0.1) is 22.4 Å². The van der Waals surface area contributed by atoms with Crippen LogP contribution in [-0.2, 0) is 0 Å². The van der Waals surface area contributed by atoms with Crippen molar-refractivity contribution in [2.45, 2.75) is 25.8 Å². The highest BCUT2D eigenvalue weighted by Gasteiger charge is 2.14. The summed E-state index contributed by atoms with van der Waals surface area (Å²) in [5, 5.41) is 17.9. The summed E-state index contributed by atoms with van der Waals surface area (Å²) >= 11 is 5.80. The second kappa shape index (κ2) is 5.78. The number of allylic oxidation sites excluding steroid dienone is 1. The minimum atomic E-state index is 0.0443. The summed E-state index contributed by atoms with van der Waals surface area (Å²) in [6, 6.07) is 4.85. The molecule has 0 aromatic heterocycles. The Balaban J connectivity index is 2.09. The first-order valence-electron chi connectivity index (χ1n) is 5.84. The summed E-state index contributed by atoms with van der Waals surface area (Å²) in [6.07, 6.45) is 5.65. The van der Waals surface area contributed by atoms with Crippen LogP contribution in [0.2, 0.25) is 5.02 Å². The third kappa shape index (κ3) is 2.96. The first kappa shape index (κ1) is 12.8. The van der Waals surface area contributed by atoms with Crippen LogP contribution in [0.4, 0.5) is 5.69 Å². The maximum absolute atomic E-state index is 9.30. The molecule has 1 aromatic carbocycles. The van der Waals surface area contributed by atoms with Gasteiger partial charge in [-0.05, 0) is 30.7 Å². The Kier molecular flexibility index (Phi) is 4.10. The standard InChI is InChI=1S/C13H14ClN3O/c1-2-3-11-12(6-7-15-11)17-16-9-4-5-13(18)10(14)8-9/h4-8,11,18H,2-3H2,1H3. The third-order valence-electron chi connectivity index (χ3n) is 2.63. The van der Waals surface area contributed by atoms with Gasteiger partial charge < -0.3 is 5.11 Å². The predicted octanol–water partition coefficient (Wildman–Crippen LogP) is 4.27. The molecule has 1 N–H and O–H groups in total. The molecule has 0 aliphatic carbocycles. The monoisotopic (exact) mass is 263 g/mol. The first-order valence-corrected chi connectivity index (χ1v) is 6.22. The summed E-state index contributed by atoms with van der Waals surface area (Å²) in [6.45, 7) is 2.11. The lowest BCUT2D eigenvalue weighted by Crippen LogP contribution is -2.01. The van der Waals surface area contributed by atoms with Crippen LogP contribution >= 0.6 is 11.6 Å². The van der Waals surface area contributed by atoms with Crippen molar-refractivity contribution in [3.63, 3.8) is 0 Å². The van der Waals surface area contributed by atoms with Crippen LogP contribution < -0.4 is 0 Å². The van der Waals surface area contributed by atoms with Gasteiger partial charge in [-0.1, -0.05) is 24.9 Å². The number of rotatable bonds is 4. The minimum absolute atomic E-state index is 0.0443. The van der Waals surface area contributed by atoms with E-state index >= 15 is 0 Å². The van der Waals surface area contributed by atoms with Crippen LogP contribution in [-0.4, -0.2) is 17.4 Å². The van der Waals surface area contributed by atoms with Crippen molar-refractivity contribution in [3.8, 4) is 5.75 Å². The average molecular weight is 264 g/mol. The number of aromatic hydroxyl groups is 1. The Morgan fingerprint density at radius 1 is 1.39 bits per heavy atom. The molecule has 5 heteroatoms. The molecule has 1 heterocycles. The third-order valence-corrected chi connectivity index (χ3v) is 2.93. The number of azo groups is 1. The average Bonchev–Trinajstić information content (AvgIpc) is 2.79. The Hall–Kier alpha value is -1.68. The molecule has 1 atom stereocenters. The molecule has 1 aromatic rings. The lowest BCUT2D eigenvalue weighted by atomic mass is 10.1. The van der Waals surface area contributed by atoms with E-state index < -0.39 is 0 Å². The number of nitrogens with zero attached hydrogens (tertiary/aromatic N) is 3. The first-order chi connectivity index (χ1) is 8.70. The highest BCUT2D eigenvalue weighted by Crippen LogP contribution is 2.28. The van der Waals surface area contributed by atoms with Gasteiger partial charge in [0.25, 0.3) is 0 Å². The van der Waals surface area contributed by atoms with E-state index in [0.717, 1.165) is 18.5 Å². The summed E-state index contributed by atoms with van der Waals surface area (Å²) in [4.78, 5) is 4.31. The SMILES string of the molecule is CCCC1N=CC=C1N=Nc1ccc(O)c(Cl)c1. The quantitative estimate of drug-likeness (QED) is 0.811. The lowest BCUT2D eigenvalue weighted by molar-refractivity contribution is 0.475. The molecule has 0 saturated carbocycles. The molecule has 0 spiro atoms. The van der Waals surface area contributed by atoms with E-state index in [9.17, 15) is 5.11 Å². The number of hydrogen-bond donors (Lipinski definition) is 1. The van der Waals surface area contributed by atoms with Crippen molar-refractivity contribution >= 4 is 23.5 Å². The van der Waals surface area contributed by atoms with Crippen molar-refractivity contribution in [1.29, 1.82) is 0 Å². The van der Waals surface area contributed by atoms with Crippen LogP contribution in [0, 0.1) is 0 Å². The van der Waals surface area contributed by atoms with E-state index in [4.69, 9.17) is 11.6 Å². The van der Waals surface area contributed by atoms with Gasteiger partial charge in [0.2, 0.25) is 0 Å². The maximum atomic E-state index is 9.30. The zero-order valence-electron chi connectivity index (χ0n) is 10.0. The Morgan fingerprint density at radius 2 is 2.22 bits per heavy atom. The molecule has 0 saturated heterocycles. The van der Waals surface area contributed by atoms with Crippen LogP contribution in [0.3, 0.4) is 0 Å². The van der Waals surface area contributed by atoms with E-state index in [-0.39, 0.29) is 16.8 Å². The lowest BCUT2D eigenvalue weighted by Gasteiger charge is -2.05. The number of halogens is 1. The van der Waals surface area contributed by atoms with E-state index in [1.165, 1.54) is 6.07 Å². The fourth-order valence-electron chi connectivity index (χ4n) is 1.68. The second-order valence-electron chi connectivity index (χ2n) is 4.03. The van der Waals surface area contributed by atoms with Crippen LogP contribution in [0.5, 0.6) is 5.75 Å². The summed E-state index contributed by atoms with van der Waals surface area (Å²) in [7, 11) is 0. The zero-order valence-corrected chi connectivity index (χ0v) is 10.8. The minimum Gasteiger partial charge on any atom is -0.506 e. The van der Waals surface area contributed by atoms with E-state index in [0.29, 0.717) is 5.69 Å². The smallest absolute Gasteiger partial charge is 0.134 e. The number of benzene rings is 1. The molecule has 18 heavy (non-hydrogen) atoms. The van der Waals surface area contributed by atoms with Crippen molar-refractivity contribution in [2.24, 2.45) is 15.2 Å². The van der Waals surface area contributed by atoms with Crippen molar-refractivity contribution in [2.75, 3.05) is 0 Å². The van der Waals surface area contributed by atoms with Crippen molar-refractivity contribution in [1.82, 2.24) is 0 Å². The highest BCUT2D eigenvalue weighted by atomic mass is 35.5. The Bertz CT molecular complexity index is 523. The van der Waals surface area contributed by atoms with Crippen LogP contribution in [0.15, 0.2) is 45.2 Å². The topological polar surface area (TPSA) is 57.3 Å². The van der Waals surface area contributed by atoms with Gasteiger partial charge in [-0.3, -0.25) is 4.99 Å². The Labute approximate surface area is 111 Å². The number of hydrogen-bond acceptors (Lipinski definition) is 4.